The highest BCUT2D eigenvalue weighted by Crippen LogP contribution is 2.17. The minimum Gasteiger partial charge on any atom is -0.395 e. The van der Waals surface area contributed by atoms with Crippen molar-refractivity contribution >= 4 is 17.6 Å². The van der Waals surface area contributed by atoms with E-state index in [1.54, 1.807) is 0 Å². The van der Waals surface area contributed by atoms with Gasteiger partial charge in [-0.25, -0.2) is 0 Å². The lowest BCUT2D eigenvalue weighted by Crippen LogP contribution is -2.40. The van der Waals surface area contributed by atoms with Crippen molar-refractivity contribution in [3.63, 3.8) is 0 Å². The second kappa shape index (κ2) is 5.21. The zero-order valence-corrected chi connectivity index (χ0v) is 8.75. The highest BCUT2D eigenvalue weighted by atomic mass is 32.1. The molecule has 90 valence electrons. The van der Waals surface area contributed by atoms with Crippen LogP contribution >= 0.6 is 11.7 Å². The van der Waals surface area contributed by atoms with E-state index in [1.165, 1.54) is 0 Å². The molecule has 1 aromatic rings. The third-order valence-corrected chi connectivity index (χ3v) is 2.09. The average Bonchev–Trinajstić information content (AvgIpc) is 2.66. The Bertz CT molecular complexity index is 341. The molecule has 0 saturated heterocycles. The van der Waals surface area contributed by atoms with Gasteiger partial charge in [0.05, 0.1) is 24.5 Å². The summed E-state index contributed by atoms with van der Waals surface area (Å²) in [7, 11) is 0. The first-order chi connectivity index (χ1) is 7.44. The molecule has 0 spiro atoms. The van der Waals surface area contributed by atoms with Crippen LogP contribution in [0.25, 0.3) is 0 Å². The molecule has 0 radical (unpaired) electrons. The van der Waals surface area contributed by atoms with E-state index in [9.17, 15) is 18.0 Å². The Kier molecular flexibility index (Phi) is 4.19. The molecule has 0 aliphatic heterocycles. The number of aliphatic hydroxyl groups is 1. The Morgan fingerprint density at radius 2 is 2.25 bits per heavy atom. The predicted molar refractivity (Wildman–Crippen MR) is 49.0 cm³/mol. The van der Waals surface area contributed by atoms with Crippen LogP contribution in [0.2, 0.25) is 0 Å². The molecule has 0 aliphatic carbocycles. The Labute approximate surface area is 92.8 Å². The summed E-state index contributed by atoms with van der Waals surface area (Å²) in [6, 6.07) is 0. The van der Waals surface area contributed by atoms with E-state index in [2.05, 4.69) is 8.75 Å². The lowest BCUT2D eigenvalue weighted by Gasteiger charge is -2.21. The van der Waals surface area contributed by atoms with Crippen LogP contribution in [0.5, 0.6) is 0 Å². The molecule has 1 rings (SSSR count). The maximum absolute atomic E-state index is 12.1. The van der Waals surface area contributed by atoms with E-state index in [0.717, 1.165) is 17.9 Å². The number of nitrogens with zero attached hydrogens (tertiary/aromatic N) is 3. The number of carbonyl (C=O) groups is 1. The fourth-order valence-electron chi connectivity index (χ4n) is 1.01. The van der Waals surface area contributed by atoms with Gasteiger partial charge in [0, 0.05) is 6.54 Å². The van der Waals surface area contributed by atoms with E-state index in [-0.39, 0.29) is 5.69 Å². The third-order valence-electron chi connectivity index (χ3n) is 1.61. The molecular weight excluding hydrogens is 247 g/mol. The molecule has 1 heterocycles. The van der Waals surface area contributed by atoms with E-state index in [1.807, 2.05) is 0 Å². The summed E-state index contributed by atoms with van der Waals surface area (Å²) in [6.45, 7) is -2.35. The molecule has 1 amide bonds. The molecule has 0 bridgehead atoms. The average molecular weight is 255 g/mol. The van der Waals surface area contributed by atoms with Gasteiger partial charge in [0.1, 0.15) is 6.54 Å². The van der Waals surface area contributed by atoms with Gasteiger partial charge in [-0.2, -0.15) is 21.9 Å². The first-order valence-corrected chi connectivity index (χ1v) is 4.91. The highest BCUT2D eigenvalue weighted by Gasteiger charge is 2.33. The minimum atomic E-state index is -4.51. The maximum atomic E-state index is 12.1. The summed E-state index contributed by atoms with van der Waals surface area (Å²) >= 11 is 0.730. The van der Waals surface area contributed by atoms with Gasteiger partial charge in [0.2, 0.25) is 0 Å². The molecule has 0 atom stereocenters. The van der Waals surface area contributed by atoms with Crippen LogP contribution in [0.4, 0.5) is 13.2 Å². The summed E-state index contributed by atoms with van der Waals surface area (Å²) < 4.78 is 43.4. The smallest absolute Gasteiger partial charge is 0.395 e. The molecule has 0 aliphatic rings. The summed E-state index contributed by atoms with van der Waals surface area (Å²) in [4.78, 5) is 12.0. The summed E-state index contributed by atoms with van der Waals surface area (Å²) in [6.07, 6.45) is -3.41. The topological polar surface area (TPSA) is 66.3 Å². The zero-order valence-electron chi connectivity index (χ0n) is 7.94. The van der Waals surface area contributed by atoms with Gasteiger partial charge in [0.25, 0.3) is 5.91 Å². The highest BCUT2D eigenvalue weighted by molar-refractivity contribution is 6.99. The van der Waals surface area contributed by atoms with Crippen molar-refractivity contribution in [1.82, 2.24) is 13.6 Å². The number of carbonyl (C=O) groups excluding carboxylic acids is 1. The molecule has 1 N–H and O–H groups in total. The number of aromatic nitrogens is 2. The molecule has 0 aromatic carbocycles. The Balaban J connectivity index is 2.74. The summed E-state index contributed by atoms with van der Waals surface area (Å²) in [5.74, 6) is -0.889. The SMILES string of the molecule is O=C(c1cnsn1)N(CCO)CC(F)(F)F. The summed E-state index contributed by atoms with van der Waals surface area (Å²) in [5, 5.41) is 8.59. The van der Waals surface area contributed by atoms with Crippen molar-refractivity contribution in [3.05, 3.63) is 11.9 Å². The first kappa shape index (κ1) is 12.8. The van der Waals surface area contributed by atoms with Crippen molar-refractivity contribution < 1.29 is 23.1 Å². The van der Waals surface area contributed by atoms with Crippen LogP contribution in [-0.2, 0) is 0 Å². The van der Waals surface area contributed by atoms with Crippen molar-refractivity contribution in [2.24, 2.45) is 0 Å². The van der Waals surface area contributed by atoms with Crippen molar-refractivity contribution in [2.75, 3.05) is 19.7 Å². The Morgan fingerprint density at radius 1 is 1.56 bits per heavy atom. The standard InChI is InChI=1S/C7H8F3N3O2S/c8-7(9,10)4-13(1-2-14)6(15)5-3-11-16-12-5/h3,14H,1-2,4H2. The lowest BCUT2D eigenvalue weighted by atomic mass is 10.3. The third kappa shape index (κ3) is 3.74. The van der Waals surface area contributed by atoms with Crippen LogP contribution in [0.15, 0.2) is 6.20 Å². The number of rotatable bonds is 4. The number of aliphatic hydroxyl groups excluding tert-OH is 1. The van der Waals surface area contributed by atoms with Crippen molar-refractivity contribution in [2.45, 2.75) is 6.18 Å². The number of alkyl halides is 3. The fraction of sp³-hybridized carbons (Fsp3) is 0.571. The minimum absolute atomic E-state index is 0.150. The van der Waals surface area contributed by atoms with Crippen LogP contribution in [0.1, 0.15) is 10.5 Å². The van der Waals surface area contributed by atoms with Gasteiger partial charge in [-0.1, -0.05) is 0 Å². The molecule has 9 heteroatoms. The molecule has 5 nitrogen and oxygen atoms in total. The molecule has 0 fully saturated rings. The van der Waals surface area contributed by atoms with Gasteiger partial charge >= 0.3 is 6.18 Å². The molecule has 16 heavy (non-hydrogen) atoms. The summed E-state index contributed by atoms with van der Waals surface area (Å²) in [5.41, 5.74) is -0.150. The fourth-order valence-corrected chi connectivity index (χ4v) is 1.42. The first-order valence-electron chi connectivity index (χ1n) is 4.18. The number of hydrogen-bond donors (Lipinski definition) is 1. The number of hydrogen-bond acceptors (Lipinski definition) is 5. The van der Waals surface area contributed by atoms with Gasteiger partial charge in [-0.05, 0) is 0 Å². The number of amides is 1. The van der Waals surface area contributed by atoms with Crippen LogP contribution < -0.4 is 0 Å². The normalized spacial score (nSPS) is 11.5. The van der Waals surface area contributed by atoms with E-state index < -0.39 is 31.8 Å². The van der Waals surface area contributed by atoms with Crippen LogP contribution in [-0.4, -0.2) is 50.5 Å². The van der Waals surface area contributed by atoms with E-state index in [0.29, 0.717) is 4.90 Å². The molecule has 0 saturated carbocycles. The van der Waals surface area contributed by atoms with Crippen LogP contribution in [0.3, 0.4) is 0 Å². The van der Waals surface area contributed by atoms with Crippen molar-refractivity contribution in [1.29, 1.82) is 0 Å². The maximum Gasteiger partial charge on any atom is 0.406 e. The van der Waals surface area contributed by atoms with Gasteiger partial charge in [-0.15, -0.1) is 0 Å². The van der Waals surface area contributed by atoms with Crippen molar-refractivity contribution in [3.8, 4) is 0 Å². The van der Waals surface area contributed by atoms with E-state index >= 15 is 0 Å². The largest absolute Gasteiger partial charge is 0.406 e. The monoisotopic (exact) mass is 255 g/mol. The van der Waals surface area contributed by atoms with Gasteiger partial charge < -0.3 is 10.0 Å². The Hall–Kier alpha value is -1.22. The van der Waals surface area contributed by atoms with Gasteiger partial charge in [-0.3, -0.25) is 4.79 Å². The van der Waals surface area contributed by atoms with Crippen LogP contribution in [0, 0.1) is 0 Å². The molecule has 0 unspecified atom stereocenters. The second-order valence-electron chi connectivity index (χ2n) is 2.86. The number of halogens is 3. The Morgan fingerprint density at radius 3 is 2.69 bits per heavy atom. The van der Waals surface area contributed by atoms with E-state index in [4.69, 9.17) is 5.11 Å². The second-order valence-corrected chi connectivity index (χ2v) is 3.41. The zero-order chi connectivity index (χ0) is 12.2. The quantitative estimate of drug-likeness (QED) is 0.852. The molecular formula is C7H8F3N3O2S. The molecule has 1 aromatic heterocycles. The predicted octanol–water partition coefficient (Wildman–Crippen LogP) is 0.535. The lowest BCUT2D eigenvalue weighted by molar-refractivity contribution is -0.141. The van der Waals surface area contributed by atoms with Gasteiger partial charge in [0.15, 0.2) is 5.69 Å².